The van der Waals surface area contributed by atoms with E-state index in [4.69, 9.17) is 9.47 Å². The number of ether oxygens (including phenoxy) is 2. The SMILES string of the molecule is CCCOC(C(C)=O)c1cc(C)c(Br)c(C)c1.CCc1ccc(S)cc1OC. The number of aryl methyl sites for hydroxylation is 3. The maximum atomic E-state index is 11.6. The smallest absolute Gasteiger partial charge is 0.163 e. The molecule has 0 aliphatic rings. The molecule has 0 fully saturated rings. The highest BCUT2D eigenvalue weighted by atomic mass is 79.9. The van der Waals surface area contributed by atoms with Crippen LogP contribution in [0, 0.1) is 13.8 Å². The van der Waals surface area contributed by atoms with E-state index in [1.54, 1.807) is 14.0 Å². The van der Waals surface area contributed by atoms with Crippen molar-refractivity contribution < 1.29 is 14.3 Å². The van der Waals surface area contributed by atoms with Crippen molar-refractivity contribution >= 4 is 34.3 Å². The normalized spacial score (nSPS) is 11.4. The summed E-state index contributed by atoms with van der Waals surface area (Å²) in [5, 5.41) is 0. The van der Waals surface area contributed by atoms with Crippen molar-refractivity contribution in [3.63, 3.8) is 0 Å². The molecule has 0 radical (unpaired) electrons. The number of carbonyl (C=O) groups excluding carboxylic acids is 1. The summed E-state index contributed by atoms with van der Waals surface area (Å²) in [6.45, 7) is 10.4. The van der Waals surface area contributed by atoms with Crippen LogP contribution in [-0.2, 0) is 16.0 Å². The van der Waals surface area contributed by atoms with E-state index >= 15 is 0 Å². The molecule has 0 aromatic heterocycles. The minimum Gasteiger partial charge on any atom is -0.496 e. The highest BCUT2D eigenvalue weighted by molar-refractivity contribution is 9.10. The third-order valence-electron chi connectivity index (χ3n) is 4.27. The fourth-order valence-electron chi connectivity index (χ4n) is 2.84. The maximum Gasteiger partial charge on any atom is 0.163 e. The number of hydrogen-bond donors (Lipinski definition) is 1. The molecule has 0 amide bonds. The van der Waals surface area contributed by atoms with Gasteiger partial charge in [0.1, 0.15) is 11.9 Å². The third-order valence-corrected chi connectivity index (χ3v) is 5.80. The van der Waals surface area contributed by atoms with Gasteiger partial charge in [0, 0.05) is 16.0 Å². The largest absolute Gasteiger partial charge is 0.496 e. The first-order chi connectivity index (χ1) is 13.2. The van der Waals surface area contributed by atoms with Gasteiger partial charge >= 0.3 is 0 Å². The fraction of sp³-hybridized carbons (Fsp3) is 0.435. The van der Waals surface area contributed by atoms with Crippen LogP contribution in [0.5, 0.6) is 5.75 Å². The van der Waals surface area contributed by atoms with Gasteiger partial charge in [0.25, 0.3) is 0 Å². The van der Waals surface area contributed by atoms with Gasteiger partial charge in [0.2, 0.25) is 0 Å². The van der Waals surface area contributed by atoms with Crippen molar-refractivity contribution in [1.29, 1.82) is 0 Å². The molecule has 0 saturated carbocycles. The number of benzene rings is 2. The Hall–Kier alpha value is -1.30. The molecule has 3 nitrogen and oxygen atoms in total. The monoisotopic (exact) mass is 466 g/mol. The molecule has 0 heterocycles. The second-order valence-corrected chi connectivity index (χ2v) is 7.99. The summed E-state index contributed by atoms with van der Waals surface area (Å²) in [5.74, 6) is 0.986. The highest BCUT2D eigenvalue weighted by Gasteiger charge is 2.18. The van der Waals surface area contributed by atoms with Crippen molar-refractivity contribution in [2.75, 3.05) is 13.7 Å². The van der Waals surface area contributed by atoms with Gasteiger partial charge in [0.15, 0.2) is 5.78 Å². The van der Waals surface area contributed by atoms with E-state index in [0.29, 0.717) is 6.61 Å². The average molecular weight is 467 g/mol. The van der Waals surface area contributed by atoms with Crippen LogP contribution in [-0.4, -0.2) is 19.5 Å². The molecular formula is C23H31BrO3S. The summed E-state index contributed by atoms with van der Waals surface area (Å²) in [6.07, 6.45) is 1.48. The van der Waals surface area contributed by atoms with Crippen LogP contribution < -0.4 is 4.74 Å². The molecule has 0 spiro atoms. The van der Waals surface area contributed by atoms with Gasteiger partial charge in [-0.3, -0.25) is 4.79 Å². The van der Waals surface area contributed by atoms with Gasteiger partial charge in [-0.05, 0) is 68.0 Å². The highest BCUT2D eigenvalue weighted by Crippen LogP contribution is 2.28. The molecule has 2 aromatic rings. The summed E-state index contributed by atoms with van der Waals surface area (Å²) < 4.78 is 11.9. The molecule has 1 atom stereocenters. The van der Waals surface area contributed by atoms with E-state index in [1.807, 2.05) is 51.1 Å². The zero-order chi connectivity index (χ0) is 21.3. The molecule has 28 heavy (non-hydrogen) atoms. The van der Waals surface area contributed by atoms with E-state index in [0.717, 1.165) is 44.6 Å². The molecule has 0 aliphatic carbocycles. The number of methoxy groups -OCH3 is 1. The fourth-order valence-corrected chi connectivity index (χ4v) is 3.26. The average Bonchev–Trinajstić information content (AvgIpc) is 2.66. The van der Waals surface area contributed by atoms with Gasteiger partial charge in [-0.15, -0.1) is 12.6 Å². The van der Waals surface area contributed by atoms with E-state index in [2.05, 4.69) is 35.5 Å². The van der Waals surface area contributed by atoms with E-state index < -0.39 is 6.10 Å². The molecule has 2 rings (SSSR count). The van der Waals surface area contributed by atoms with Gasteiger partial charge in [-0.25, -0.2) is 0 Å². The summed E-state index contributed by atoms with van der Waals surface area (Å²) in [5.41, 5.74) is 4.44. The quantitative estimate of drug-likeness (QED) is 0.462. The van der Waals surface area contributed by atoms with Crippen molar-refractivity contribution in [2.45, 2.75) is 58.5 Å². The lowest BCUT2D eigenvalue weighted by Crippen LogP contribution is -2.14. The third kappa shape index (κ3) is 7.26. The zero-order valence-corrected chi connectivity index (χ0v) is 20.1. The molecule has 5 heteroatoms. The lowest BCUT2D eigenvalue weighted by atomic mass is 10.0. The first-order valence-corrected chi connectivity index (χ1v) is 10.7. The number of carbonyl (C=O) groups is 1. The van der Waals surface area contributed by atoms with Gasteiger partial charge < -0.3 is 9.47 Å². The Labute approximate surface area is 183 Å². The lowest BCUT2D eigenvalue weighted by molar-refractivity contribution is -0.128. The van der Waals surface area contributed by atoms with Crippen LogP contribution in [0.3, 0.4) is 0 Å². The molecule has 2 aromatic carbocycles. The topological polar surface area (TPSA) is 35.5 Å². The van der Waals surface area contributed by atoms with Gasteiger partial charge in [-0.1, -0.05) is 48.0 Å². The summed E-state index contributed by atoms with van der Waals surface area (Å²) in [7, 11) is 1.68. The number of hydrogen-bond acceptors (Lipinski definition) is 4. The Morgan fingerprint density at radius 1 is 1.14 bits per heavy atom. The van der Waals surface area contributed by atoms with Crippen molar-refractivity contribution in [2.24, 2.45) is 0 Å². The molecule has 0 N–H and O–H groups in total. The molecular weight excluding hydrogens is 436 g/mol. The second-order valence-electron chi connectivity index (χ2n) is 6.68. The molecule has 1 unspecified atom stereocenters. The summed E-state index contributed by atoms with van der Waals surface area (Å²) >= 11 is 7.74. The number of rotatable bonds is 7. The van der Waals surface area contributed by atoms with Crippen molar-refractivity contribution in [1.82, 2.24) is 0 Å². The number of halogens is 1. The van der Waals surface area contributed by atoms with E-state index in [9.17, 15) is 4.79 Å². The predicted octanol–water partition coefficient (Wildman–Crippen LogP) is 6.67. The molecule has 0 aliphatic heterocycles. The van der Waals surface area contributed by atoms with Gasteiger partial charge in [0.05, 0.1) is 7.11 Å². The molecule has 0 bridgehead atoms. The molecule has 154 valence electrons. The minimum atomic E-state index is -0.430. The van der Waals surface area contributed by atoms with Crippen LogP contribution in [0.15, 0.2) is 39.7 Å². The number of ketones is 1. The van der Waals surface area contributed by atoms with Gasteiger partial charge in [-0.2, -0.15) is 0 Å². The summed E-state index contributed by atoms with van der Waals surface area (Å²) in [6, 6.07) is 9.98. The Bertz CT molecular complexity index is 766. The zero-order valence-electron chi connectivity index (χ0n) is 17.6. The van der Waals surface area contributed by atoms with Crippen LogP contribution in [0.1, 0.15) is 55.5 Å². The van der Waals surface area contributed by atoms with Crippen molar-refractivity contribution in [3.8, 4) is 5.75 Å². The van der Waals surface area contributed by atoms with E-state index in [-0.39, 0.29) is 5.78 Å². The van der Waals surface area contributed by atoms with E-state index in [1.165, 1.54) is 5.56 Å². The Balaban J connectivity index is 0.000000307. The summed E-state index contributed by atoms with van der Waals surface area (Å²) in [4.78, 5) is 12.6. The molecule has 0 saturated heterocycles. The Kier molecular flexibility index (Phi) is 10.9. The number of Topliss-reactive ketones (excluding diaryl/α,β-unsaturated/α-hetero) is 1. The minimum absolute atomic E-state index is 0.0552. The first kappa shape index (κ1) is 24.7. The van der Waals surface area contributed by atoms with Crippen LogP contribution in [0.4, 0.5) is 0 Å². The predicted molar refractivity (Wildman–Crippen MR) is 123 cm³/mol. The van der Waals surface area contributed by atoms with Crippen molar-refractivity contribution in [3.05, 3.63) is 57.1 Å². The van der Waals surface area contributed by atoms with Crippen LogP contribution >= 0.6 is 28.6 Å². The Morgan fingerprint density at radius 3 is 2.21 bits per heavy atom. The van der Waals surface area contributed by atoms with Crippen LogP contribution in [0.25, 0.3) is 0 Å². The standard InChI is InChI=1S/C14H19BrO2.C9H12OS/c1-5-6-17-14(11(4)16)12-7-9(2)13(15)10(3)8-12;1-3-7-4-5-8(11)6-9(7)10-2/h7-8,14H,5-6H2,1-4H3;4-6,11H,3H2,1-2H3. The first-order valence-electron chi connectivity index (χ1n) is 9.49. The Morgan fingerprint density at radius 2 is 1.75 bits per heavy atom. The maximum absolute atomic E-state index is 11.6. The lowest BCUT2D eigenvalue weighted by Gasteiger charge is -2.17. The second kappa shape index (κ2) is 12.3. The number of thiol groups is 1. The van der Waals surface area contributed by atoms with Crippen LogP contribution in [0.2, 0.25) is 0 Å².